The fraction of sp³-hybridized carbons (Fsp3) is 0.700. The smallest absolute Gasteiger partial charge is 0.277 e. The summed E-state index contributed by atoms with van der Waals surface area (Å²) in [6.07, 6.45) is 8.78. The highest BCUT2D eigenvalue weighted by Gasteiger charge is 2.50. The minimum Gasteiger partial charge on any atom is -0.416 e. The summed E-state index contributed by atoms with van der Waals surface area (Å²) in [6.45, 7) is 2.82. The second-order valence-corrected chi connectivity index (χ2v) is 11.0. The number of thioether (sulfide) groups is 1. The van der Waals surface area contributed by atoms with Gasteiger partial charge in [-0.1, -0.05) is 11.8 Å². The van der Waals surface area contributed by atoms with E-state index in [1.807, 2.05) is 12.3 Å². The van der Waals surface area contributed by atoms with E-state index < -0.39 is 0 Å². The maximum Gasteiger partial charge on any atom is 0.277 e. The monoisotopic (exact) mass is 418 g/mol. The van der Waals surface area contributed by atoms with E-state index in [-0.39, 0.29) is 5.91 Å². The molecule has 0 radical (unpaired) electrons. The Labute approximate surface area is 173 Å². The third-order valence-electron chi connectivity index (χ3n) is 6.60. The summed E-state index contributed by atoms with van der Waals surface area (Å²) in [5.41, 5.74) is 1.31. The first-order valence-corrected chi connectivity index (χ1v) is 12.0. The number of nitrogens with zero attached hydrogens (tertiary/aromatic N) is 3. The van der Waals surface area contributed by atoms with Gasteiger partial charge in [-0.15, -0.1) is 21.5 Å². The lowest BCUT2D eigenvalue weighted by atomic mass is 9.49. The molecular weight excluding hydrogens is 392 g/mol. The van der Waals surface area contributed by atoms with Crippen molar-refractivity contribution in [2.45, 2.75) is 57.1 Å². The Morgan fingerprint density at radius 1 is 1.25 bits per heavy atom. The van der Waals surface area contributed by atoms with E-state index in [1.165, 1.54) is 50.3 Å². The average molecular weight is 419 g/mol. The van der Waals surface area contributed by atoms with E-state index in [0.29, 0.717) is 28.7 Å². The van der Waals surface area contributed by atoms with Crippen molar-refractivity contribution in [3.8, 4) is 0 Å². The summed E-state index contributed by atoms with van der Waals surface area (Å²) in [7, 11) is 0. The number of thiazole rings is 1. The minimum atomic E-state index is 0.0654. The maximum atomic E-state index is 12.4. The zero-order valence-corrected chi connectivity index (χ0v) is 17.8. The molecule has 0 aromatic carbocycles. The van der Waals surface area contributed by atoms with Gasteiger partial charge < -0.3 is 9.73 Å². The molecule has 2 aromatic heterocycles. The minimum absolute atomic E-state index is 0.0654. The van der Waals surface area contributed by atoms with Crippen LogP contribution in [0.5, 0.6) is 0 Å². The van der Waals surface area contributed by atoms with E-state index in [0.717, 1.165) is 35.0 Å². The van der Waals surface area contributed by atoms with E-state index in [1.54, 1.807) is 11.3 Å². The van der Waals surface area contributed by atoms with Crippen molar-refractivity contribution >= 4 is 29.0 Å². The topological polar surface area (TPSA) is 80.9 Å². The highest BCUT2D eigenvalue weighted by Crippen LogP contribution is 2.59. The zero-order chi connectivity index (χ0) is 19.1. The van der Waals surface area contributed by atoms with Gasteiger partial charge in [0.05, 0.1) is 22.9 Å². The number of hydrogen-bond donors (Lipinski definition) is 1. The van der Waals surface area contributed by atoms with Crippen molar-refractivity contribution < 1.29 is 9.21 Å². The third kappa shape index (κ3) is 3.99. The third-order valence-corrected chi connectivity index (χ3v) is 8.24. The molecule has 0 aliphatic heterocycles. The molecule has 1 amide bonds. The normalized spacial score (nSPS) is 30.7. The van der Waals surface area contributed by atoms with Crippen LogP contribution in [0.1, 0.15) is 55.1 Å². The molecule has 2 aromatic rings. The van der Waals surface area contributed by atoms with Gasteiger partial charge in [0, 0.05) is 11.9 Å². The molecule has 0 atom stereocenters. The number of hydrogen-bond acceptors (Lipinski definition) is 7. The van der Waals surface area contributed by atoms with Crippen LogP contribution in [0.3, 0.4) is 0 Å². The van der Waals surface area contributed by atoms with Crippen molar-refractivity contribution in [2.24, 2.45) is 23.2 Å². The predicted octanol–water partition coefficient (Wildman–Crippen LogP) is 3.85. The van der Waals surface area contributed by atoms with Gasteiger partial charge in [0.15, 0.2) is 0 Å². The van der Waals surface area contributed by atoms with Crippen molar-refractivity contribution in [1.29, 1.82) is 0 Å². The molecule has 4 bridgehead atoms. The molecule has 4 aliphatic carbocycles. The molecule has 4 aliphatic rings. The van der Waals surface area contributed by atoms with Crippen LogP contribution in [0.15, 0.2) is 15.0 Å². The Hall–Kier alpha value is -1.41. The van der Waals surface area contributed by atoms with Crippen LogP contribution in [0.25, 0.3) is 0 Å². The highest BCUT2D eigenvalue weighted by molar-refractivity contribution is 7.99. The molecule has 2 heterocycles. The van der Waals surface area contributed by atoms with Gasteiger partial charge in [-0.3, -0.25) is 4.79 Å². The Kier molecular flexibility index (Phi) is 4.95. The Morgan fingerprint density at radius 3 is 2.61 bits per heavy atom. The summed E-state index contributed by atoms with van der Waals surface area (Å²) in [4.78, 5) is 16.8. The summed E-state index contributed by atoms with van der Waals surface area (Å²) in [6, 6.07) is 0. The Bertz CT molecular complexity index is 827. The lowest BCUT2D eigenvalue weighted by Gasteiger charge is -2.56. The molecule has 4 saturated carbocycles. The number of carbonyl (C=O) groups excluding carboxylic acids is 1. The molecule has 8 heteroatoms. The fourth-order valence-corrected chi connectivity index (χ4v) is 7.21. The van der Waals surface area contributed by atoms with Crippen molar-refractivity contribution in [2.75, 3.05) is 12.3 Å². The number of amides is 1. The molecule has 28 heavy (non-hydrogen) atoms. The van der Waals surface area contributed by atoms with Crippen LogP contribution in [0.4, 0.5) is 0 Å². The van der Waals surface area contributed by atoms with Gasteiger partial charge >= 0.3 is 0 Å². The van der Waals surface area contributed by atoms with Gasteiger partial charge in [0.25, 0.3) is 5.22 Å². The van der Waals surface area contributed by atoms with Gasteiger partial charge in [-0.05, 0) is 68.6 Å². The predicted molar refractivity (Wildman–Crippen MR) is 108 cm³/mol. The van der Waals surface area contributed by atoms with Crippen molar-refractivity contribution in [3.63, 3.8) is 0 Å². The number of carbonyl (C=O) groups is 1. The van der Waals surface area contributed by atoms with E-state index in [9.17, 15) is 4.79 Å². The zero-order valence-electron chi connectivity index (χ0n) is 16.1. The Morgan fingerprint density at radius 2 is 1.96 bits per heavy atom. The molecule has 150 valence electrons. The highest BCUT2D eigenvalue weighted by atomic mass is 32.2. The van der Waals surface area contributed by atoms with Crippen LogP contribution in [-0.4, -0.2) is 33.4 Å². The van der Waals surface area contributed by atoms with Gasteiger partial charge in [0.2, 0.25) is 11.8 Å². The summed E-state index contributed by atoms with van der Waals surface area (Å²) < 4.78 is 5.65. The molecule has 6 rings (SSSR count). The molecule has 1 N–H and O–H groups in total. The number of nitrogens with one attached hydrogen (secondary N) is 1. The molecule has 6 nitrogen and oxygen atoms in total. The van der Waals surface area contributed by atoms with Gasteiger partial charge in [-0.25, -0.2) is 4.98 Å². The summed E-state index contributed by atoms with van der Waals surface area (Å²) in [5, 5.41) is 14.8. The van der Waals surface area contributed by atoms with Crippen LogP contribution in [0, 0.1) is 30.1 Å². The SMILES string of the molecule is Cc1nc(Cc2nnc(SCC(=O)NCC34CC5CC(CC(C5)C3)C4)o2)cs1. The van der Waals surface area contributed by atoms with Gasteiger partial charge in [0.1, 0.15) is 0 Å². The second kappa shape index (κ2) is 7.44. The molecule has 0 unspecified atom stereocenters. The van der Waals surface area contributed by atoms with Crippen molar-refractivity contribution in [1.82, 2.24) is 20.5 Å². The summed E-state index contributed by atoms with van der Waals surface area (Å²) in [5.74, 6) is 3.67. The lowest BCUT2D eigenvalue weighted by Crippen LogP contribution is -2.51. The van der Waals surface area contributed by atoms with Crippen LogP contribution in [-0.2, 0) is 11.2 Å². The quantitative estimate of drug-likeness (QED) is 0.688. The molecule has 0 saturated heterocycles. The van der Waals surface area contributed by atoms with E-state index in [2.05, 4.69) is 20.5 Å². The lowest BCUT2D eigenvalue weighted by molar-refractivity contribution is -0.120. The molecule has 0 spiro atoms. The Balaban J connectivity index is 1.09. The van der Waals surface area contributed by atoms with E-state index >= 15 is 0 Å². The number of aromatic nitrogens is 3. The summed E-state index contributed by atoms with van der Waals surface area (Å²) >= 11 is 2.92. The van der Waals surface area contributed by atoms with Gasteiger partial charge in [-0.2, -0.15) is 0 Å². The number of aryl methyl sites for hydroxylation is 1. The van der Waals surface area contributed by atoms with Crippen LogP contribution >= 0.6 is 23.1 Å². The number of rotatable bonds is 7. The first-order valence-electron chi connectivity index (χ1n) is 10.2. The maximum absolute atomic E-state index is 12.4. The second-order valence-electron chi connectivity index (χ2n) is 8.98. The molecule has 4 fully saturated rings. The molecular formula is C20H26N4O2S2. The fourth-order valence-electron chi connectivity index (χ4n) is 5.98. The average Bonchev–Trinajstić information content (AvgIpc) is 3.26. The van der Waals surface area contributed by atoms with Crippen LogP contribution in [0.2, 0.25) is 0 Å². The van der Waals surface area contributed by atoms with E-state index in [4.69, 9.17) is 4.42 Å². The van der Waals surface area contributed by atoms with Crippen molar-refractivity contribution in [3.05, 3.63) is 22.0 Å². The van der Waals surface area contributed by atoms with Crippen LogP contribution < -0.4 is 5.32 Å². The standard InChI is InChI=1S/C20H26N4O2S2/c1-12-22-16(9-27-12)5-18-23-24-19(26-18)28-10-17(25)21-11-20-6-13-2-14(7-20)4-15(3-13)8-20/h9,13-15H,2-8,10-11H2,1H3,(H,21,25). The first kappa shape index (κ1) is 18.6. The largest absolute Gasteiger partial charge is 0.416 e. The first-order chi connectivity index (χ1) is 13.6.